The van der Waals surface area contributed by atoms with E-state index in [0.717, 1.165) is 19.3 Å². The molecule has 27 heavy (non-hydrogen) atoms. The zero-order valence-electron chi connectivity index (χ0n) is 14.6. The molecule has 1 aromatic carbocycles. The van der Waals surface area contributed by atoms with Crippen molar-refractivity contribution in [2.75, 3.05) is 19.0 Å². The van der Waals surface area contributed by atoms with Crippen LogP contribution in [0.2, 0.25) is 5.28 Å². The Balaban J connectivity index is 1.86. The second kappa shape index (κ2) is 7.09. The van der Waals surface area contributed by atoms with E-state index < -0.39 is 4.92 Å². The molecular formula is C17H17ClN6O3. The number of benzene rings is 1. The van der Waals surface area contributed by atoms with E-state index in [0.29, 0.717) is 34.7 Å². The fraction of sp³-hybridized carbons (Fsp3) is 0.353. The van der Waals surface area contributed by atoms with E-state index in [9.17, 15) is 10.1 Å². The number of nitro groups is 1. The van der Waals surface area contributed by atoms with Crippen molar-refractivity contribution in [2.24, 2.45) is 0 Å². The predicted octanol–water partition coefficient (Wildman–Crippen LogP) is 3.80. The highest BCUT2D eigenvalue weighted by Gasteiger charge is 2.23. The fourth-order valence-electron chi connectivity index (χ4n) is 3.29. The SMILES string of the molecule is CNc1ccc(-c2nc(Cl)nc3c2ncn3C2CCCCO2)cc1[N+](=O)[O-]. The lowest BCUT2D eigenvalue weighted by atomic mass is 10.1. The Hall–Kier alpha value is -2.78. The Kier molecular flexibility index (Phi) is 4.63. The van der Waals surface area contributed by atoms with Crippen LogP contribution in [0.1, 0.15) is 25.5 Å². The highest BCUT2D eigenvalue weighted by molar-refractivity contribution is 6.28. The molecule has 0 aliphatic carbocycles. The number of anilines is 1. The van der Waals surface area contributed by atoms with Crippen molar-refractivity contribution in [3.63, 3.8) is 0 Å². The van der Waals surface area contributed by atoms with Crippen molar-refractivity contribution >= 4 is 34.1 Å². The number of fused-ring (bicyclic) bond motifs is 1. The molecule has 0 bridgehead atoms. The van der Waals surface area contributed by atoms with Gasteiger partial charge in [-0.05, 0) is 36.9 Å². The third kappa shape index (κ3) is 3.19. The minimum atomic E-state index is -0.441. The Morgan fingerprint density at radius 1 is 1.37 bits per heavy atom. The van der Waals surface area contributed by atoms with Gasteiger partial charge in [-0.1, -0.05) is 6.07 Å². The van der Waals surface area contributed by atoms with Gasteiger partial charge in [0, 0.05) is 25.3 Å². The summed E-state index contributed by atoms with van der Waals surface area (Å²) in [5, 5.41) is 14.2. The molecule has 9 nitrogen and oxygen atoms in total. The maximum Gasteiger partial charge on any atom is 0.292 e. The number of rotatable bonds is 4. The highest BCUT2D eigenvalue weighted by atomic mass is 35.5. The third-order valence-electron chi connectivity index (χ3n) is 4.60. The van der Waals surface area contributed by atoms with Crippen molar-refractivity contribution < 1.29 is 9.66 Å². The first-order valence-electron chi connectivity index (χ1n) is 8.56. The zero-order valence-corrected chi connectivity index (χ0v) is 15.3. The topological polar surface area (TPSA) is 108 Å². The summed E-state index contributed by atoms with van der Waals surface area (Å²) in [6.07, 6.45) is 4.47. The van der Waals surface area contributed by atoms with Gasteiger partial charge in [0.15, 0.2) is 5.65 Å². The molecule has 140 valence electrons. The Morgan fingerprint density at radius 3 is 2.93 bits per heavy atom. The van der Waals surface area contributed by atoms with Gasteiger partial charge in [0.25, 0.3) is 5.69 Å². The van der Waals surface area contributed by atoms with Crippen LogP contribution in [0.15, 0.2) is 24.5 Å². The summed E-state index contributed by atoms with van der Waals surface area (Å²) in [4.78, 5) is 24.0. The molecule has 1 unspecified atom stereocenters. The molecule has 0 radical (unpaired) electrons. The van der Waals surface area contributed by atoms with E-state index in [4.69, 9.17) is 16.3 Å². The Bertz CT molecular complexity index is 1020. The van der Waals surface area contributed by atoms with Crippen LogP contribution in [0.5, 0.6) is 0 Å². The van der Waals surface area contributed by atoms with Gasteiger partial charge in [0.1, 0.15) is 23.1 Å². The lowest BCUT2D eigenvalue weighted by Crippen LogP contribution is -2.17. The second-order valence-corrected chi connectivity index (χ2v) is 6.56. The summed E-state index contributed by atoms with van der Waals surface area (Å²) in [5.74, 6) is 0. The predicted molar refractivity (Wildman–Crippen MR) is 101 cm³/mol. The number of nitrogens with one attached hydrogen (secondary N) is 1. The van der Waals surface area contributed by atoms with Crippen LogP contribution < -0.4 is 5.32 Å². The Labute approximate surface area is 159 Å². The number of imidazole rings is 1. The summed E-state index contributed by atoms with van der Waals surface area (Å²) in [6.45, 7) is 0.688. The van der Waals surface area contributed by atoms with Crippen LogP contribution in [-0.2, 0) is 4.74 Å². The maximum absolute atomic E-state index is 11.4. The fourth-order valence-corrected chi connectivity index (χ4v) is 3.45. The van der Waals surface area contributed by atoms with E-state index in [-0.39, 0.29) is 17.2 Å². The number of halogens is 1. The van der Waals surface area contributed by atoms with Gasteiger partial charge < -0.3 is 10.1 Å². The lowest BCUT2D eigenvalue weighted by molar-refractivity contribution is -0.383. The first kappa shape index (κ1) is 17.6. The van der Waals surface area contributed by atoms with Crippen molar-refractivity contribution in [1.82, 2.24) is 19.5 Å². The largest absolute Gasteiger partial charge is 0.383 e. The molecule has 1 aliphatic rings. The van der Waals surface area contributed by atoms with Crippen LogP contribution in [0, 0.1) is 10.1 Å². The number of aromatic nitrogens is 4. The molecule has 2 aromatic heterocycles. The number of nitro benzene ring substituents is 1. The minimum absolute atomic E-state index is 0.0482. The van der Waals surface area contributed by atoms with E-state index >= 15 is 0 Å². The van der Waals surface area contributed by atoms with Crippen molar-refractivity contribution in [3.8, 4) is 11.3 Å². The standard InChI is InChI=1S/C17H17ClN6O3/c1-19-11-6-5-10(8-12(11)24(25)26)14-15-16(22-17(18)21-14)23(9-20-15)13-4-2-3-7-27-13/h5-6,8-9,13,19H,2-4,7H2,1H3. The number of ether oxygens (including phenoxy) is 1. The second-order valence-electron chi connectivity index (χ2n) is 6.23. The van der Waals surface area contributed by atoms with E-state index in [2.05, 4.69) is 20.3 Å². The summed E-state index contributed by atoms with van der Waals surface area (Å²) in [5.41, 5.74) is 2.45. The highest BCUT2D eigenvalue weighted by Crippen LogP contribution is 2.34. The summed E-state index contributed by atoms with van der Waals surface area (Å²) in [6, 6.07) is 4.84. The van der Waals surface area contributed by atoms with Crippen molar-refractivity contribution in [2.45, 2.75) is 25.5 Å². The van der Waals surface area contributed by atoms with Gasteiger partial charge in [-0.2, -0.15) is 4.98 Å². The molecule has 1 fully saturated rings. The van der Waals surface area contributed by atoms with E-state index in [1.165, 1.54) is 6.07 Å². The van der Waals surface area contributed by atoms with Crippen LogP contribution in [0.3, 0.4) is 0 Å². The first-order valence-corrected chi connectivity index (χ1v) is 8.94. The third-order valence-corrected chi connectivity index (χ3v) is 4.77. The molecule has 4 rings (SSSR count). The van der Waals surface area contributed by atoms with Gasteiger partial charge in [0.05, 0.1) is 11.3 Å². The van der Waals surface area contributed by atoms with Gasteiger partial charge in [0.2, 0.25) is 5.28 Å². The van der Waals surface area contributed by atoms with Crippen LogP contribution in [-0.4, -0.2) is 38.1 Å². The van der Waals surface area contributed by atoms with Gasteiger partial charge in [-0.3, -0.25) is 14.7 Å². The molecule has 0 saturated carbocycles. The molecule has 0 amide bonds. The zero-order chi connectivity index (χ0) is 19.0. The summed E-state index contributed by atoms with van der Waals surface area (Å²) >= 11 is 6.15. The van der Waals surface area contributed by atoms with Crippen LogP contribution in [0.4, 0.5) is 11.4 Å². The van der Waals surface area contributed by atoms with E-state index in [1.807, 2.05) is 4.57 Å². The molecule has 1 aliphatic heterocycles. The van der Waals surface area contributed by atoms with Crippen LogP contribution in [0.25, 0.3) is 22.4 Å². The number of hydrogen-bond donors (Lipinski definition) is 1. The molecule has 0 spiro atoms. The molecular weight excluding hydrogens is 372 g/mol. The minimum Gasteiger partial charge on any atom is -0.383 e. The summed E-state index contributed by atoms with van der Waals surface area (Å²) < 4.78 is 7.67. The molecule has 10 heteroatoms. The molecule has 1 N–H and O–H groups in total. The average Bonchev–Trinajstić information content (AvgIpc) is 3.11. The van der Waals surface area contributed by atoms with Crippen LogP contribution >= 0.6 is 11.6 Å². The molecule has 1 saturated heterocycles. The smallest absolute Gasteiger partial charge is 0.292 e. The number of nitrogens with zero attached hydrogens (tertiary/aromatic N) is 5. The Morgan fingerprint density at radius 2 is 2.22 bits per heavy atom. The van der Waals surface area contributed by atoms with Gasteiger partial charge in [-0.25, -0.2) is 9.97 Å². The molecule has 3 heterocycles. The van der Waals surface area contributed by atoms with Gasteiger partial charge >= 0.3 is 0 Å². The van der Waals surface area contributed by atoms with Crippen molar-refractivity contribution in [1.29, 1.82) is 0 Å². The van der Waals surface area contributed by atoms with E-state index in [1.54, 1.807) is 25.5 Å². The molecule has 3 aromatic rings. The number of hydrogen-bond acceptors (Lipinski definition) is 7. The van der Waals surface area contributed by atoms with Gasteiger partial charge in [-0.15, -0.1) is 0 Å². The lowest BCUT2D eigenvalue weighted by Gasteiger charge is -2.23. The van der Waals surface area contributed by atoms with Crippen molar-refractivity contribution in [3.05, 3.63) is 39.9 Å². The monoisotopic (exact) mass is 388 g/mol. The molecule has 1 atom stereocenters. The first-order chi connectivity index (χ1) is 13.1. The average molecular weight is 389 g/mol. The quantitative estimate of drug-likeness (QED) is 0.411. The normalized spacial score (nSPS) is 17.2. The maximum atomic E-state index is 11.4. The summed E-state index contributed by atoms with van der Waals surface area (Å²) in [7, 11) is 1.63.